The van der Waals surface area contributed by atoms with E-state index in [0.717, 1.165) is 27.3 Å². The van der Waals surface area contributed by atoms with Crippen molar-refractivity contribution in [1.29, 1.82) is 0 Å². The fourth-order valence-corrected chi connectivity index (χ4v) is 4.52. The van der Waals surface area contributed by atoms with Crippen LogP contribution >= 0.6 is 11.8 Å². The van der Waals surface area contributed by atoms with Crippen LogP contribution in [0, 0.1) is 0 Å². The van der Waals surface area contributed by atoms with Crippen molar-refractivity contribution >= 4 is 34.3 Å². The van der Waals surface area contributed by atoms with E-state index in [4.69, 9.17) is 5.73 Å². The van der Waals surface area contributed by atoms with Crippen LogP contribution in [-0.4, -0.2) is 27.3 Å². The fourth-order valence-electron chi connectivity index (χ4n) is 3.39. The van der Waals surface area contributed by atoms with Crippen molar-refractivity contribution in [1.82, 2.24) is 15.1 Å². The Morgan fingerprint density at radius 2 is 1.86 bits per heavy atom. The molecule has 2 amide bonds. The highest BCUT2D eigenvalue weighted by Crippen LogP contribution is 2.35. The van der Waals surface area contributed by atoms with E-state index < -0.39 is 11.5 Å². The highest BCUT2D eigenvalue weighted by molar-refractivity contribution is 7.99. The largest absolute Gasteiger partial charge is 0.364 e. The summed E-state index contributed by atoms with van der Waals surface area (Å²) in [5, 5.41) is 7.71. The molecular formula is C20H18N4O3S. The fraction of sp³-hybridized carbons (Fsp3) is 0.200. The number of carbonyl (C=O) groups is 2. The molecule has 2 aromatic carbocycles. The van der Waals surface area contributed by atoms with Crippen molar-refractivity contribution < 1.29 is 9.59 Å². The Kier molecular flexibility index (Phi) is 4.87. The topological polar surface area (TPSA) is 107 Å². The van der Waals surface area contributed by atoms with Crippen LogP contribution in [0.4, 0.5) is 0 Å². The normalized spacial score (nSPS) is 15.8. The van der Waals surface area contributed by atoms with Gasteiger partial charge in [-0.3, -0.25) is 14.4 Å². The molecule has 0 radical (unpaired) electrons. The first-order valence-corrected chi connectivity index (χ1v) is 9.84. The Labute approximate surface area is 164 Å². The maximum absolute atomic E-state index is 12.7. The molecule has 1 aromatic heterocycles. The molecule has 1 aliphatic rings. The van der Waals surface area contributed by atoms with Gasteiger partial charge in [-0.1, -0.05) is 36.4 Å². The number of nitrogens with zero attached hydrogens (tertiary/aromatic N) is 2. The van der Waals surface area contributed by atoms with Gasteiger partial charge in [-0.15, -0.1) is 11.8 Å². The zero-order valence-electron chi connectivity index (χ0n) is 14.9. The van der Waals surface area contributed by atoms with Gasteiger partial charge in [-0.25, -0.2) is 4.68 Å². The summed E-state index contributed by atoms with van der Waals surface area (Å²) in [6.45, 7) is -0.282. The lowest BCUT2D eigenvalue weighted by Crippen LogP contribution is -2.37. The molecular weight excluding hydrogens is 376 g/mol. The first-order valence-electron chi connectivity index (χ1n) is 8.85. The molecule has 2 heterocycles. The van der Waals surface area contributed by atoms with E-state index in [9.17, 15) is 14.4 Å². The average Bonchev–Trinajstić information content (AvgIpc) is 2.70. The minimum Gasteiger partial charge on any atom is -0.364 e. The Morgan fingerprint density at radius 1 is 1.14 bits per heavy atom. The number of rotatable bonds is 4. The van der Waals surface area contributed by atoms with Crippen LogP contribution in [-0.2, 0) is 11.3 Å². The molecule has 0 fully saturated rings. The van der Waals surface area contributed by atoms with Crippen LogP contribution < -0.4 is 16.6 Å². The van der Waals surface area contributed by atoms with Crippen molar-refractivity contribution in [2.75, 3.05) is 5.75 Å². The number of hydrogen-bond acceptors (Lipinski definition) is 5. The van der Waals surface area contributed by atoms with E-state index in [1.54, 1.807) is 36.0 Å². The van der Waals surface area contributed by atoms with Crippen LogP contribution in [0.1, 0.15) is 28.5 Å². The first-order chi connectivity index (χ1) is 13.5. The SMILES string of the molecule is NC(=O)c1nn(CC(=O)NC2CCSc3ccccc32)c(=O)c2ccccc12. The molecule has 3 aromatic rings. The van der Waals surface area contributed by atoms with Crippen molar-refractivity contribution in [3.8, 4) is 0 Å². The lowest BCUT2D eigenvalue weighted by atomic mass is 10.0. The van der Waals surface area contributed by atoms with E-state index in [1.807, 2.05) is 24.3 Å². The number of aromatic nitrogens is 2. The summed E-state index contributed by atoms with van der Waals surface area (Å²) < 4.78 is 1.00. The molecule has 8 heteroatoms. The van der Waals surface area contributed by atoms with Crippen LogP contribution in [0.3, 0.4) is 0 Å². The van der Waals surface area contributed by atoms with Gasteiger partial charge in [-0.05, 0) is 24.1 Å². The van der Waals surface area contributed by atoms with Crippen molar-refractivity contribution in [3.63, 3.8) is 0 Å². The molecule has 0 spiro atoms. The Bertz CT molecular complexity index is 1140. The van der Waals surface area contributed by atoms with Gasteiger partial charge in [0.1, 0.15) is 6.54 Å². The van der Waals surface area contributed by atoms with Gasteiger partial charge in [-0.2, -0.15) is 5.10 Å². The van der Waals surface area contributed by atoms with Crippen LogP contribution in [0.2, 0.25) is 0 Å². The number of fused-ring (bicyclic) bond motifs is 2. The van der Waals surface area contributed by atoms with Crippen molar-refractivity contribution in [2.24, 2.45) is 5.73 Å². The molecule has 28 heavy (non-hydrogen) atoms. The third-order valence-electron chi connectivity index (χ3n) is 4.69. The molecule has 142 valence electrons. The molecule has 0 saturated carbocycles. The predicted octanol–water partition coefficient (Wildman–Crippen LogP) is 1.85. The number of carbonyl (C=O) groups excluding carboxylic acids is 2. The summed E-state index contributed by atoms with van der Waals surface area (Å²) in [7, 11) is 0. The molecule has 0 aliphatic carbocycles. The maximum Gasteiger partial charge on any atom is 0.275 e. The van der Waals surface area contributed by atoms with Gasteiger partial charge in [0.15, 0.2) is 5.69 Å². The van der Waals surface area contributed by atoms with E-state index in [0.29, 0.717) is 10.8 Å². The molecule has 4 rings (SSSR count). The number of benzene rings is 2. The molecule has 1 aliphatic heterocycles. The molecule has 1 unspecified atom stereocenters. The zero-order chi connectivity index (χ0) is 19.7. The van der Waals surface area contributed by atoms with Gasteiger partial charge in [0.25, 0.3) is 11.5 Å². The van der Waals surface area contributed by atoms with E-state index in [-0.39, 0.29) is 24.2 Å². The lowest BCUT2D eigenvalue weighted by Gasteiger charge is -2.25. The lowest BCUT2D eigenvalue weighted by molar-refractivity contribution is -0.122. The number of hydrogen-bond donors (Lipinski definition) is 2. The van der Waals surface area contributed by atoms with Gasteiger partial charge in [0.2, 0.25) is 5.91 Å². The van der Waals surface area contributed by atoms with E-state index in [2.05, 4.69) is 10.4 Å². The van der Waals surface area contributed by atoms with Gasteiger partial charge in [0.05, 0.1) is 11.4 Å². The van der Waals surface area contributed by atoms with Crippen LogP contribution in [0.5, 0.6) is 0 Å². The number of thioether (sulfide) groups is 1. The number of nitrogens with one attached hydrogen (secondary N) is 1. The Hall–Kier alpha value is -3.13. The van der Waals surface area contributed by atoms with E-state index >= 15 is 0 Å². The van der Waals surface area contributed by atoms with Gasteiger partial charge < -0.3 is 11.1 Å². The average molecular weight is 394 g/mol. The molecule has 7 nitrogen and oxygen atoms in total. The molecule has 1 atom stereocenters. The summed E-state index contributed by atoms with van der Waals surface area (Å²) >= 11 is 1.76. The molecule has 0 saturated heterocycles. The van der Waals surface area contributed by atoms with Crippen molar-refractivity contribution in [2.45, 2.75) is 23.9 Å². The first kappa shape index (κ1) is 18.2. The highest BCUT2D eigenvalue weighted by atomic mass is 32.2. The third kappa shape index (κ3) is 3.38. The monoisotopic (exact) mass is 394 g/mol. The second-order valence-electron chi connectivity index (χ2n) is 6.52. The number of amides is 2. The number of primary amides is 1. The summed E-state index contributed by atoms with van der Waals surface area (Å²) in [4.78, 5) is 38.2. The van der Waals surface area contributed by atoms with Crippen LogP contribution in [0.25, 0.3) is 10.8 Å². The minimum atomic E-state index is -0.747. The van der Waals surface area contributed by atoms with Gasteiger partial charge in [0, 0.05) is 16.0 Å². The van der Waals surface area contributed by atoms with Gasteiger partial charge >= 0.3 is 0 Å². The summed E-state index contributed by atoms with van der Waals surface area (Å²) in [6, 6.07) is 14.4. The Balaban J connectivity index is 1.62. The third-order valence-corrected chi connectivity index (χ3v) is 5.81. The predicted molar refractivity (Wildman–Crippen MR) is 107 cm³/mol. The molecule has 3 N–H and O–H groups in total. The maximum atomic E-state index is 12.7. The minimum absolute atomic E-state index is 0.0255. The number of nitrogens with two attached hydrogens (primary N) is 1. The molecule has 0 bridgehead atoms. The van der Waals surface area contributed by atoms with Crippen LogP contribution in [0.15, 0.2) is 58.2 Å². The second-order valence-corrected chi connectivity index (χ2v) is 7.65. The Morgan fingerprint density at radius 3 is 2.64 bits per heavy atom. The van der Waals surface area contributed by atoms with E-state index in [1.165, 1.54) is 0 Å². The zero-order valence-corrected chi connectivity index (χ0v) is 15.7. The highest BCUT2D eigenvalue weighted by Gasteiger charge is 2.23. The quantitative estimate of drug-likeness (QED) is 0.702. The van der Waals surface area contributed by atoms with Crippen molar-refractivity contribution in [3.05, 3.63) is 70.1 Å². The second kappa shape index (κ2) is 7.47. The summed E-state index contributed by atoms with van der Waals surface area (Å²) in [5.41, 5.74) is 6.02. The standard InChI is InChI=1S/C20H18N4O3S/c21-19(26)18-12-5-1-2-6-13(12)20(27)24(23-18)11-17(25)22-15-9-10-28-16-8-4-3-7-14(15)16/h1-8,15H,9-11H2,(H2,21,26)(H,22,25). The summed E-state index contributed by atoms with van der Waals surface area (Å²) in [6.07, 6.45) is 0.806. The smallest absolute Gasteiger partial charge is 0.275 e. The summed E-state index contributed by atoms with van der Waals surface area (Å²) in [5.74, 6) is -0.183.